The van der Waals surface area contributed by atoms with Gasteiger partial charge in [0.25, 0.3) is 0 Å². The topological polar surface area (TPSA) is 12.4 Å². The molecule has 1 nitrogen and oxygen atoms in total. The van der Waals surface area contributed by atoms with Gasteiger partial charge in [0, 0.05) is 21.1 Å². The monoisotopic (exact) mass is 743 g/mol. The molecule has 0 radical (unpaired) electrons. The zero-order valence-electron chi connectivity index (χ0n) is 32.2. The van der Waals surface area contributed by atoms with E-state index in [2.05, 4.69) is 203 Å². The molecule has 7 aromatic rings. The minimum Gasteiger partial charge on any atom is -0.252 e. The molecule has 55 heavy (non-hydrogen) atoms. The minimum absolute atomic E-state index is 0.914. The Morgan fingerprint density at radius 3 is 1.62 bits per heavy atom. The first-order valence-electron chi connectivity index (χ1n) is 19.0. The van der Waals surface area contributed by atoms with E-state index in [-0.39, 0.29) is 0 Å². The second-order valence-electron chi connectivity index (χ2n) is 15.7. The predicted molar refractivity (Wildman–Crippen MR) is 243 cm³/mol. The first-order valence-corrected chi connectivity index (χ1v) is 24.5. The van der Waals surface area contributed by atoms with Crippen molar-refractivity contribution in [1.82, 2.24) is 0 Å². The predicted octanol–water partition coefficient (Wildman–Crippen LogP) is 12.8. The molecule has 9 rings (SSSR count). The van der Waals surface area contributed by atoms with Crippen LogP contribution in [0.25, 0.3) is 55.8 Å². The molecule has 0 saturated carbocycles. The summed E-state index contributed by atoms with van der Waals surface area (Å²) in [7, 11) is -3.01. The third kappa shape index (κ3) is 6.09. The fraction of sp³-hybridized carbons (Fsp3) is 0.0962. The zero-order valence-corrected chi connectivity index (χ0v) is 34.0. The Morgan fingerprint density at radius 1 is 0.509 bits per heavy atom. The molecule has 0 N–H and O–H groups in total. The molecule has 0 aromatic heterocycles. The van der Waals surface area contributed by atoms with Crippen molar-refractivity contribution in [2.24, 2.45) is 4.99 Å². The average molecular weight is 744 g/mol. The molecule has 0 atom stereocenters. The molecule has 3 heteroatoms. The fourth-order valence-electron chi connectivity index (χ4n) is 8.59. The number of aliphatic imine (C=N–C) groups is 1. The Hall–Kier alpha value is -5.74. The smallest absolute Gasteiger partial charge is 0.113 e. The maximum absolute atomic E-state index is 5.48. The molecular formula is C52H45NSSi. The van der Waals surface area contributed by atoms with Gasteiger partial charge in [-0.2, -0.15) is 10.0 Å². The van der Waals surface area contributed by atoms with E-state index in [9.17, 15) is 0 Å². The van der Waals surface area contributed by atoms with Crippen molar-refractivity contribution in [2.75, 3.05) is 12.5 Å². The molecule has 0 amide bonds. The number of allylic oxidation sites excluding steroid dienone is 2. The van der Waals surface area contributed by atoms with Crippen LogP contribution in [0.3, 0.4) is 0 Å². The van der Waals surface area contributed by atoms with Gasteiger partial charge in [-0.25, -0.2) is 0 Å². The lowest BCUT2D eigenvalue weighted by molar-refractivity contribution is 1.40. The zero-order chi connectivity index (χ0) is 37.9. The number of benzene rings is 7. The van der Waals surface area contributed by atoms with Gasteiger partial charge in [0.15, 0.2) is 0 Å². The Bertz CT molecular complexity index is 2700. The van der Waals surface area contributed by atoms with Crippen LogP contribution in [0, 0.1) is 0 Å². The van der Waals surface area contributed by atoms with Gasteiger partial charge in [-0.1, -0.05) is 147 Å². The lowest BCUT2D eigenvalue weighted by Crippen LogP contribution is -2.49. The van der Waals surface area contributed by atoms with Gasteiger partial charge in [-0.05, 0) is 133 Å². The molecule has 2 aliphatic rings. The van der Waals surface area contributed by atoms with E-state index < -0.39 is 18.1 Å². The van der Waals surface area contributed by atoms with E-state index in [1.807, 2.05) is 6.07 Å². The molecule has 7 aromatic carbocycles. The van der Waals surface area contributed by atoms with Gasteiger partial charge in [-0.15, -0.1) is 0 Å². The van der Waals surface area contributed by atoms with Gasteiger partial charge in [0.2, 0.25) is 0 Å². The number of hydrogen-bond acceptors (Lipinski definition) is 1. The molecular weight excluding hydrogens is 699 g/mol. The molecule has 2 heterocycles. The second kappa shape index (κ2) is 13.5. The molecule has 0 aliphatic carbocycles. The second-order valence-corrected chi connectivity index (χ2v) is 23.6. The lowest BCUT2D eigenvalue weighted by Gasteiger charge is -2.28. The molecule has 0 fully saturated rings. The van der Waals surface area contributed by atoms with Crippen LogP contribution < -0.4 is 10.4 Å². The lowest BCUT2D eigenvalue weighted by atomic mass is 9.96. The maximum Gasteiger partial charge on any atom is 0.113 e. The highest BCUT2D eigenvalue weighted by atomic mass is 32.3. The highest BCUT2D eigenvalue weighted by Crippen LogP contribution is 2.67. The summed E-state index contributed by atoms with van der Waals surface area (Å²) in [5.41, 5.74) is 16.5. The van der Waals surface area contributed by atoms with Crippen LogP contribution in [0.2, 0.25) is 13.1 Å². The van der Waals surface area contributed by atoms with Crippen LogP contribution in [0.15, 0.2) is 191 Å². The Kier molecular flexibility index (Phi) is 8.61. The van der Waals surface area contributed by atoms with Crippen LogP contribution in [0.5, 0.6) is 0 Å². The summed E-state index contributed by atoms with van der Waals surface area (Å²) in [5, 5.41) is 3.00. The van der Waals surface area contributed by atoms with E-state index >= 15 is 0 Å². The maximum atomic E-state index is 5.48. The first kappa shape index (κ1) is 35.0. The van der Waals surface area contributed by atoms with E-state index in [1.54, 1.807) is 0 Å². The molecule has 268 valence electrons. The highest BCUT2D eigenvalue weighted by Gasteiger charge is 2.38. The summed E-state index contributed by atoms with van der Waals surface area (Å²) < 4.78 is 0. The Balaban J connectivity index is 1.16. The third-order valence-corrected chi connectivity index (χ3v) is 18.2. The number of rotatable bonds is 7. The minimum atomic E-state index is -1.84. The van der Waals surface area contributed by atoms with E-state index in [4.69, 9.17) is 4.99 Å². The average Bonchev–Trinajstić information content (AvgIpc) is 3.59. The van der Waals surface area contributed by atoms with Crippen LogP contribution >= 0.6 is 10.0 Å². The summed E-state index contributed by atoms with van der Waals surface area (Å²) in [5.74, 6) is 0. The normalized spacial score (nSPS) is 15.4. The van der Waals surface area contributed by atoms with Gasteiger partial charge in [-0.3, -0.25) is 4.99 Å². The van der Waals surface area contributed by atoms with E-state index in [1.165, 1.54) is 64.7 Å². The van der Waals surface area contributed by atoms with Crippen molar-refractivity contribution in [2.45, 2.75) is 29.8 Å². The standard InChI is InChI=1S/C52H45NSSi/c1-35(37-16-10-7-11-17-37)30-48(43-23-27-50-45(34-43)44-32-41(38-18-12-8-13-19-38)22-26-49(44)54(50,3)4)53-36(2)40-24-28-51-46(31-40)47-33-42(39-20-14-9-15-21-39)25-29-52(47)55(51,5)6/h7-34H,1H2,2-6H3/b48-30-,53-36?. The summed E-state index contributed by atoms with van der Waals surface area (Å²) in [6, 6.07) is 60.1. The van der Waals surface area contributed by atoms with E-state index in [0.29, 0.717) is 0 Å². The molecule has 0 saturated heterocycles. The summed E-state index contributed by atoms with van der Waals surface area (Å²) in [4.78, 5) is 8.35. The summed E-state index contributed by atoms with van der Waals surface area (Å²) in [6.07, 6.45) is 7.02. The fourth-order valence-corrected chi connectivity index (χ4v) is 14.1. The van der Waals surface area contributed by atoms with Gasteiger partial charge < -0.3 is 0 Å². The van der Waals surface area contributed by atoms with Crippen molar-refractivity contribution in [1.29, 1.82) is 0 Å². The number of nitrogens with zero attached hydrogens (tertiary/aromatic N) is 1. The molecule has 2 aliphatic heterocycles. The van der Waals surface area contributed by atoms with Gasteiger partial charge in [0.1, 0.15) is 8.07 Å². The molecule has 0 bridgehead atoms. The SMILES string of the molecule is C=C(/C=C(\N=C(C)c1ccc2c(c1)-c1cc(-c3ccccc3)ccc1[Si]2(C)C)c1ccc2c(c1)-c1cc(-c3ccccc3)ccc1S2(C)C)c1ccccc1. The quantitative estimate of drug-likeness (QED) is 0.0876. The van der Waals surface area contributed by atoms with Crippen LogP contribution in [-0.4, -0.2) is 26.3 Å². The molecule has 0 unspecified atom stereocenters. The third-order valence-electron chi connectivity index (χ3n) is 11.7. The van der Waals surface area contributed by atoms with Crippen molar-refractivity contribution < 1.29 is 0 Å². The van der Waals surface area contributed by atoms with Crippen LogP contribution in [-0.2, 0) is 0 Å². The van der Waals surface area contributed by atoms with Crippen molar-refractivity contribution in [3.63, 3.8) is 0 Å². The van der Waals surface area contributed by atoms with Crippen LogP contribution in [0.4, 0.5) is 0 Å². The summed E-state index contributed by atoms with van der Waals surface area (Å²) in [6.45, 7) is 11.6. The molecule has 0 spiro atoms. The number of hydrogen-bond donors (Lipinski definition) is 0. The van der Waals surface area contributed by atoms with Crippen molar-refractivity contribution in [3.05, 3.63) is 193 Å². The Morgan fingerprint density at radius 2 is 0.982 bits per heavy atom. The summed E-state index contributed by atoms with van der Waals surface area (Å²) >= 11 is 0. The highest BCUT2D eigenvalue weighted by molar-refractivity contribution is 8.33. The van der Waals surface area contributed by atoms with E-state index in [0.717, 1.165) is 33.7 Å². The van der Waals surface area contributed by atoms with Crippen molar-refractivity contribution in [3.8, 4) is 44.5 Å². The first-order chi connectivity index (χ1) is 26.6. The number of fused-ring (bicyclic) bond motifs is 6. The Labute approximate surface area is 328 Å². The van der Waals surface area contributed by atoms with Crippen LogP contribution in [0.1, 0.15) is 23.6 Å². The van der Waals surface area contributed by atoms with Crippen molar-refractivity contribution >= 4 is 45.5 Å². The largest absolute Gasteiger partial charge is 0.252 e. The van der Waals surface area contributed by atoms with Gasteiger partial charge in [0.05, 0.1) is 5.70 Å². The van der Waals surface area contributed by atoms with Gasteiger partial charge >= 0.3 is 0 Å².